The second-order valence-electron chi connectivity index (χ2n) is 7.77. The minimum absolute atomic E-state index is 0.0357. The summed E-state index contributed by atoms with van der Waals surface area (Å²) >= 11 is 0. The molecule has 34 heavy (non-hydrogen) atoms. The van der Waals surface area contributed by atoms with Gasteiger partial charge in [0.15, 0.2) is 0 Å². The molecule has 2 amide bonds. The Morgan fingerprint density at radius 2 is 1.76 bits per heavy atom. The lowest BCUT2D eigenvalue weighted by molar-refractivity contribution is -0.117. The van der Waals surface area contributed by atoms with E-state index in [9.17, 15) is 14.0 Å². The molecule has 0 saturated heterocycles. The van der Waals surface area contributed by atoms with Gasteiger partial charge in [0.1, 0.15) is 23.1 Å². The van der Waals surface area contributed by atoms with Gasteiger partial charge in [-0.15, -0.1) is 0 Å². The van der Waals surface area contributed by atoms with Gasteiger partial charge >= 0.3 is 0 Å². The maximum Gasteiger partial charge on any atom is 0.275 e. The molecule has 4 aromatic rings. The molecule has 4 rings (SSSR count). The van der Waals surface area contributed by atoms with E-state index in [2.05, 4.69) is 30.9 Å². The van der Waals surface area contributed by atoms with Crippen molar-refractivity contribution in [2.75, 3.05) is 17.7 Å². The van der Waals surface area contributed by atoms with Crippen LogP contribution in [0.3, 0.4) is 0 Å². The lowest BCUT2D eigenvalue weighted by Crippen LogP contribution is -2.35. The van der Waals surface area contributed by atoms with E-state index in [1.807, 2.05) is 31.2 Å². The van der Waals surface area contributed by atoms with E-state index in [0.29, 0.717) is 0 Å². The fraction of sp³-hybridized carbons (Fsp3) is 0.160. The van der Waals surface area contributed by atoms with E-state index in [4.69, 9.17) is 0 Å². The molecule has 1 atom stereocenters. The summed E-state index contributed by atoms with van der Waals surface area (Å²) in [6.07, 6.45) is 2.69. The Kier molecular flexibility index (Phi) is 6.55. The molecule has 1 aromatic carbocycles. The van der Waals surface area contributed by atoms with Crippen molar-refractivity contribution in [3.05, 3.63) is 78.0 Å². The van der Waals surface area contributed by atoms with Crippen molar-refractivity contribution in [1.82, 2.24) is 20.3 Å². The molecule has 3 heterocycles. The van der Waals surface area contributed by atoms with Gasteiger partial charge in [0.05, 0.1) is 17.8 Å². The first-order valence-electron chi connectivity index (χ1n) is 10.6. The summed E-state index contributed by atoms with van der Waals surface area (Å²) in [6, 6.07) is 13.2. The largest absolute Gasteiger partial charge is 0.309 e. The number of likely N-dealkylation sites (N-methyl/N-ethyl adjacent to an activating group) is 1. The zero-order valence-electron chi connectivity index (χ0n) is 18.9. The van der Waals surface area contributed by atoms with Crippen LogP contribution < -0.4 is 16.0 Å². The van der Waals surface area contributed by atoms with Crippen LogP contribution in [0.25, 0.3) is 22.0 Å². The first-order chi connectivity index (χ1) is 16.4. The zero-order chi connectivity index (χ0) is 24.2. The maximum absolute atomic E-state index is 13.2. The standard InChI is InChI=1S/C25H23FN6O2/c1-14-6-8-19-18(5-4-10-28-19)23(14)16-11-21(31-24(33)15(2)27-3)30-22(12-16)32-25(34)20-9-7-17(26)13-29-20/h4-13,15,27H,1-3H3,(H2,30,31,32,33,34). The van der Waals surface area contributed by atoms with Gasteiger partial charge in [0.2, 0.25) is 5.91 Å². The van der Waals surface area contributed by atoms with Crippen molar-refractivity contribution in [2.45, 2.75) is 19.9 Å². The van der Waals surface area contributed by atoms with Crippen molar-refractivity contribution < 1.29 is 14.0 Å². The number of fused-ring (bicyclic) bond motifs is 1. The van der Waals surface area contributed by atoms with Crippen molar-refractivity contribution in [1.29, 1.82) is 0 Å². The Morgan fingerprint density at radius 1 is 1.00 bits per heavy atom. The quantitative estimate of drug-likeness (QED) is 0.404. The van der Waals surface area contributed by atoms with Gasteiger partial charge < -0.3 is 16.0 Å². The molecule has 0 bridgehead atoms. The number of nitrogens with zero attached hydrogens (tertiary/aromatic N) is 3. The number of aromatic nitrogens is 3. The summed E-state index contributed by atoms with van der Waals surface area (Å²) < 4.78 is 13.2. The summed E-state index contributed by atoms with van der Waals surface area (Å²) in [4.78, 5) is 37.8. The summed E-state index contributed by atoms with van der Waals surface area (Å²) in [6.45, 7) is 3.70. The summed E-state index contributed by atoms with van der Waals surface area (Å²) in [5, 5.41) is 9.29. The van der Waals surface area contributed by atoms with Gasteiger partial charge in [-0.3, -0.25) is 14.6 Å². The predicted molar refractivity (Wildman–Crippen MR) is 129 cm³/mol. The molecule has 0 aliphatic rings. The first-order valence-corrected chi connectivity index (χ1v) is 10.6. The molecule has 0 spiro atoms. The maximum atomic E-state index is 13.2. The first kappa shape index (κ1) is 22.9. The van der Waals surface area contributed by atoms with Crippen LogP contribution in [0.2, 0.25) is 0 Å². The molecule has 172 valence electrons. The van der Waals surface area contributed by atoms with E-state index < -0.39 is 17.8 Å². The van der Waals surface area contributed by atoms with Crippen molar-refractivity contribution >= 4 is 34.4 Å². The summed E-state index contributed by atoms with van der Waals surface area (Å²) in [7, 11) is 1.68. The van der Waals surface area contributed by atoms with Gasteiger partial charge in [-0.05, 0) is 74.0 Å². The topological polar surface area (TPSA) is 109 Å². The molecule has 0 aliphatic carbocycles. The van der Waals surface area contributed by atoms with E-state index in [1.54, 1.807) is 32.3 Å². The molecular formula is C25H23FN6O2. The number of rotatable bonds is 6. The fourth-order valence-electron chi connectivity index (χ4n) is 3.50. The van der Waals surface area contributed by atoms with E-state index in [0.717, 1.165) is 39.9 Å². The molecule has 3 N–H and O–H groups in total. The Morgan fingerprint density at radius 3 is 2.47 bits per heavy atom. The molecule has 0 radical (unpaired) electrons. The third-order valence-corrected chi connectivity index (χ3v) is 5.39. The normalized spacial score (nSPS) is 11.8. The van der Waals surface area contributed by atoms with Crippen LogP contribution in [0.4, 0.5) is 16.0 Å². The second-order valence-corrected chi connectivity index (χ2v) is 7.77. The number of pyridine rings is 3. The monoisotopic (exact) mass is 458 g/mol. The summed E-state index contributed by atoms with van der Waals surface area (Å²) in [5.41, 5.74) is 3.48. The highest BCUT2D eigenvalue weighted by molar-refractivity contribution is 6.04. The molecule has 8 nitrogen and oxygen atoms in total. The highest BCUT2D eigenvalue weighted by Crippen LogP contribution is 2.33. The molecular weight excluding hydrogens is 435 g/mol. The van der Waals surface area contributed by atoms with E-state index in [1.165, 1.54) is 6.07 Å². The fourth-order valence-corrected chi connectivity index (χ4v) is 3.50. The van der Waals surface area contributed by atoms with Gasteiger partial charge in [-0.25, -0.2) is 14.4 Å². The van der Waals surface area contributed by atoms with Crippen LogP contribution in [-0.2, 0) is 4.79 Å². The lowest BCUT2D eigenvalue weighted by atomic mass is 9.96. The zero-order valence-corrected chi connectivity index (χ0v) is 18.9. The van der Waals surface area contributed by atoms with Crippen LogP contribution in [0, 0.1) is 12.7 Å². The SMILES string of the molecule is CNC(C)C(=O)Nc1cc(-c2c(C)ccc3ncccc23)cc(NC(=O)c2ccc(F)cn2)n1. The smallest absolute Gasteiger partial charge is 0.275 e. The molecule has 9 heteroatoms. The van der Waals surface area contributed by atoms with Crippen LogP contribution >= 0.6 is 0 Å². The van der Waals surface area contributed by atoms with Crippen LogP contribution in [0.5, 0.6) is 0 Å². The average Bonchev–Trinajstić information content (AvgIpc) is 2.83. The molecule has 0 saturated carbocycles. The van der Waals surface area contributed by atoms with Crippen molar-refractivity contribution in [2.24, 2.45) is 0 Å². The lowest BCUT2D eigenvalue weighted by Gasteiger charge is -2.15. The van der Waals surface area contributed by atoms with Gasteiger partial charge in [0.25, 0.3) is 5.91 Å². The molecule has 3 aromatic heterocycles. The third kappa shape index (κ3) is 4.89. The highest BCUT2D eigenvalue weighted by Gasteiger charge is 2.17. The number of aryl methyl sites for hydroxylation is 1. The number of carbonyl (C=O) groups excluding carboxylic acids is 2. The number of amides is 2. The van der Waals surface area contributed by atoms with Crippen molar-refractivity contribution in [3.8, 4) is 11.1 Å². The van der Waals surface area contributed by atoms with Crippen LogP contribution in [0.1, 0.15) is 23.0 Å². The van der Waals surface area contributed by atoms with Crippen LogP contribution in [0.15, 0.2) is 60.9 Å². The number of benzene rings is 1. The van der Waals surface area contributed by atoms with Crippen molar-refractivity contribution in [3.63, 3.8) is 0 Å². The molecule has 1 unspecified atom stereocenters. The van der Waals surface area contributed by atoms with Crippen LogP contribution in [-0.4, -0.2) is 39.9 Å². The number of nitrogens with one attached hydrogen (secondary N) is 3. The number of anilines is 2. The van der Waals surface area contributed by atoms with E-state index >= 15 is 0 Å². The second kappa shape index (κ2) is 9.72. The Bertz CT molecular complexity index is 1370. The number of hydrogen-bond donors (Lipinski definition) is 3. The van der Waals surface area contributed by atoms with Gasteiger partial charge in [-0.2, -0.15) is 0 Å². The highest BCUT2D eigenvalue weighted by atomic mass is 19.1. The Hall–Kier alpha value is -4.24. The van der Waals surface area contributed by atoms with Gasteiger partial charge in [0, 0.05) is 11.6 Å². The number of carbonyl (C=O) groups is 2. The number of halogens is 1. The van der Waals surface area contributed by atoms with Gasteiger partial charge in [-0.1, -0.05) is 12.1 Å². The Labute approximate surface area is 195 Å². The Balaban J connectivity index is 1.79. The molecule has 0 aliphatic heterocycles. The predicted octanol–water partition coefficient (Wildman–Crippen LogP) is 3.94. The summed E-state index contributed by atoms with van der Waals surface area (Å²) in [5.74, 6) is -0.892. The molecule has 0 fully saturated rings. The minimum Gasteiger partial charge on any atom is -0.309 e. The third-order valence-electron chi connectivity index (χ3n) is 5.39. The van der Waals surface area contributed by atoms with E-state index in [-0.39, 0.29) is 23.2 Å². The average molecular weight is 458 g/mol. The number of hydrogen-bond acceptors (Lipinski definition) is 6. The minimum atomic E-state index is -0.554.